The molecule has 22 heavy (non-hydrogen) atoms. The molecule has 116 valence electrons. The van der Waals surface area contributed by atoms with Crippen LogP contribution in [0.2, 0.25) is 0 Å². The van der Waals surface area contributed by atoms with Crippen molar-refractivity contribution in [3.63, 3.8) is 0 Å². The minimum absolute atomic E-state index is 0.193. The van der Waals surface area contributed by atoms with Gasteiger partial charge in [0.1, 0.15) is 5.82 Å². The van der Waals surface area contributed by atoms with Crippen LogP contribution < -0.4 is 15.5 Å². The Morgan fingerprint density at radius 2 is 2.14 bits per heavy atom. The molecule has 0 radical (unpaired) electrons. The van der Waals surface area contributed by atoms with Gasteiger partial charge in [0.15, 0.2) is 5.82 Å². The first kappa shape index (κ1) is 14.4. The Morgan fingerprint density at radius 3 is 2.86 bits per heavy atom. The van der Waals surface area contributed by atoms with E-state index in [0.29, 0.717) is 0 Å². The van der Waals surface area contributed by atoms with Crippen LogP contribution in [0.25, 0.3) is 0 Å². The van der Waals surface area contributed by atoms with Crippen LogP contribution in [0, 0.1) is 0 Å². The van der Waals surface area contributed by atoms with Crippen LogP contribution in [0.4, 0.5) is 16.3 Å². The largest absolute Gasteiger partial charge is 0.355 e. The molecule has 1 atom stereocenters. The number of pyridine rings is 1. The van der Waals surface area contributed by atoms with Crippen molar-refractivity contribution in [2.75, 3.05) is 23.3 Å². The normalized spacial score (nSPS) is 15.6. The van der Waals surface area contributed by atoms with Gasteiger partial charge in [-0.25, -0.2) is 14.8 Å². The number of hydrogen-bond acceptors (Lipinski definition) is 4. The number of urea groups is 1. The molecular weight excluding hydrogens is 280 g/mol. The van der Waals surface area contributed by atoms with Gasteiger partial charge in [-0.2, -0.15) is 0 Å². The lowest BCUT2D eigenvalue weighted by Crippen LogP contribution is -2.32. The van der Waals surface area contributed by atoms with Crippen molar-refractivity contribution in [3.05, 3.63) is 36.5 Å². The molecule has 2 amide bonds. The predicted octanol–water partition coefficient (Wildman–Crippen LogP) is 2.29. The highest BCUT2D eigenvalue weighted by Gasteiger charge is 2.18. The molecule has 0 spiro atoms. The summed E-state index contributed by atoms with van der Waals surface area (Å²) in [7, 11) is 0. The molecule has 7 nitrogen and oxygen atoms in total. The second-order valence-electron chi connectivity index (χ2n) is 5.36. The number of carbonyl (C=O) groups excluding carboxylic acids is 1. The summed E-state index contributed by atoms with van der Waals surface area (Å²) in [5, 5.41) is 5.74. The van der Waals surface area contributed by atoms with Gasteiger partial charge in [-0.05, 0) is 31.9 Å². The lowest BCUT2D eigenvalue weighted by Gasteiger charge is -2.20. The summed E-state index contributed by atoms with van der Waals surface area (Å²) in [4.78, 5) is 25.9. The number of nitrogens with one attached hydrogen (secondary N) is 3. The van der Waals surface area contributed by atoms with E-state index in [1.165, 1.54) is 0 Å². The SMILES string of the molecule is C[C@@H](NC(=O)Nc1cccnc1N1CCCC1)c1ncc[nH]1. The molecule has 0 aromatic carbocycles. The zero-order valence-electron chi connectivity index (χ0n) is 12.5. The molecule has 2 aromatic rings. The maximum absolute atomic E-state index is 12.2. The molecule has 3 N–H and O–H groups in total. The van der Waals surface area contributed by atoms with Crippen molar-refractivity contribution in [2.24, 2.45) is 0 Å². The number of carbonyl (C=O) groups is 1. The minimum Gasteiger partial charge on any atom is -0.355 e. The fraction of sp³-hybridized carbons (Fsp3) is 0.400. The molecule has 0 bridgehead atoms. The smallest absolute Gasteiger partial charge is 0.319 e. The van der Waals surface area contributed by atoms with Crippen LogP contribution in [0.15, 0.2) is 30.7 Å². The van der Waals surface area contributed by atoms with Gasteiger partial charge in [0.25, 0.3) is 0 Å². The number of aromatic amines is 1. The van der Waals surface area contributed by atoms with E-state index in [2.05, 4.69) is 30.5 Å². The highest BCUT2D eigenvalue weighted by atomic mass is 16.2. The molecule has 1 aliphatic heterocycles. The lowest BCUT2D eigenvalue weighted by atomic mass is 10.3. The topological polar surface area (TPSA) is 85.9 Å². The van der Waals surface area contributed by atoms with Gasteiger partial charge in [-0.3, -0.25) is 0 Å². The van der Waals surface area contributed by atoms with E-state index in [4.69, 9.17) is 0 Å². The Hall–Kier alpha value is -2.57. The van der Waals surface area contributed by atoms with E-state index in [1.54, 1.807) is 18.6 Å². The van der Waals surface area contributed by atoms with Crippen LogP contribution in [-0.4, -0.2) is 34.1 Å². The second-order valence-corrected chi connectivity index (χ2v) is 5.36. The van der Waals surface area contributed by atoms with Crippen LogP contribution in [-0.2, 0) is 0 Å². The van der Waals surface area contributed by atoms with Gasteiger partial charge in [-0.1, -0.05) is 0 Å². The summed E-state index contributed by atoms with van der Waals surface area (Å²) in [6.45, 7) is 3.84. The average molecular weight is 300 g/mol. The quantitative estimate of drug-likeness (QED) is 0.808. The summed E-state index contributed by atoms with van der Waals surface area (Å²) < 4.78 is 0. The molecule has 0 unspecified atom stereocenters. The first-order valence-electron chi connectivity index (χ1n) is 7.51. The van der Waals surface area contributed by atoms with E-state index < -0.39 is 0 Å². The summed E-state index contributed by atoms with van der Waals surface area (Å²) in [6, 6.07) is 3.24. The van der Waals surface area contributed by atoms with Crippen LogP contribution >= 0.6 is 0 Å². The fourth-order valence-corrected chi connectivity index (χ4v) is 2.61. The van der Waals surface area contributed by atoms with Gasteiger partial charge >= 0.3 is 6.03 Å². The van der Waals surface area contributed by atoms with Crippen LogP contribution in [0.5, 0.6) is 0 Å². The maximum Gasteiger partial charge on any atom is 0.319 e. The van der Waals surface area contributed by atoms with E-state index in [-0.39, 0.29) is 12.1 Å². The Kier molecular flexibility index (Phi) is 4.22. The molecule has 1 saturated heterocycles. The Labute approximate surface area is 129 Å². The molecule has 0 aliphatic carbocycles. The highest BCUT2D eigenvalue weighted by molar-refractivity contribution is 5.92. The first-order valence-corrected chi connectivity index (χ1v) is 7.51. The summed E-state index contributed by atoms with van der Waals surface area (Å²) >= 11 is 0. The van der Waals surface area contributed by atoms with Crippen molar-refractivity contribution in [1.29, 1.82) is 0 Å². The second kappa shape index (κ2) is 6.46. The number of rotatable bonds is 4. The molecule has 7 heteroatoms. The third-order valence-corrected chi connectivity index (χ3v) is 3.72. The predicted molar refractivity (Wildman–Crippen MR) is 84.8 cm³/mol. The maximum atomic E-state index is 12.2. The van der Waals surface area contributed by atoms with E-state index in [1.807, 2.05) is 19.1 Å². The monoisotopic (exact) mass is 300 g/mol. The molecule has 1 aliphatic rings. The van der Waals surface area contributed by atoms with Crippen molar-refractivity contribution in [2.45, 2.75) is 25.8 Å². The summed E-state index contributed by atoms with van der Waals surface area (Å²) in [6.07, 6.45) is 7.48. The van der Waals surface area contributed by atoms with Gasteiger partial charge < -0.3 is 20.5 Å². The van der Waals surface area contributed by atoms with Crippen molar-refractivity contribution in [1.82, 2.24) is 20.3 Å². The third kappa shape index (κ3) is 3.19. The summed E-state index contributed by atoms with van der Waals surface area (Å²) in [5.74, 6) is 1.56. The fourth-order valence-electron chi connectivity index (χ4n) is 2.61. The van der Waals surface area contributed by atoms with Crippen LogP contribution in [0.3, 0.4) is 0 Å². The molecule has 1 fully saturated rings. The van der Waals surface area contributed by atoms with Crippen molar-refractivity contribution < 1.29 is 4.79 Å². The van der Waals surface area contributed by atoms with Crippen molar-refractivity contribution in [3.8, 4) is 0 Å². The lowest BCUT2D eigenvalue weighted by molar-refractivity contribution is 0.249. The standard InChI is InChI=1S/C15H20N6O/c1-11(13-16-7-8-17-13)19-15(22)20-12-5-4-6-18-14(12)21-9-2-3-10-21/h4-8,11H,2-3,9-10H2,1H3,(H,16,17)(H2,19,20,22)/t11-/m1/s1. The van der Waals surface area contributed by atoms with E-state index in [0.717, 1.165) is 43.3 Å². The van der Waals surface area contributed by atoms with E-state index in [9.17, 15) is 4.79 Å². The van der Waals surface area contributed by atoms with Gasteiger partial charge in [0.2, 0.25) is 0 Å². The molecule has 3 heterocycles. The molecule has 3 rings (SSSR count). The minimum atomic E-state index is -0.266. The number of anilines is 2. The zero-order valence-corrected chi connectivity index (χ0v) is 12.5. The number of amides is 2. The zero-order chi connectivity index (χ0) is 15.4. The highest BCUT2D eigenvalue weighted by Crippen LogP contribution is 2.26. The number of H-pyrrole nitrogens is 1. The number of imidazole rings is 1. The third-order valence-electron chi connectivity index (χ3n) is 3.72. The Bertz CT molecular complexity index is 621. The van der Waals surface area contributed by atoms with Gasteiger partial charge in [-0.15, -0.1) is 0 Å². The summed E-state index contributed by atoms with van der Waals surface area (Å²) in [5.41, 5.74) is 0.730. The Morgan fingerprint density at radius 1 is 1.32 bits per heavy atom. The Balaban J connectivity index is 1.66. The molecular formula is C15H20N6O. The molecule has 0 saturated carbocycles. The number of aromatic nitrogens is 3. The van der Waals surface area contributed by atoms with Gasteiger partial charge in [0.05, 0.1) is 11.7 Å². The molecule has 2 aromatic heterocycles. The average Bonchev–Trinajstić information content (AvgIpc) is 3.21. The first-order chi connectivity index (χ1) is 10.7. The van der Waals surface area contributed by atoms with E-state index >= 15 is 0 Å². The number of hydrogen-bond donors (Lipinski definition) is 3. The van der Waals surface area contributed by atoms with Gasteiger partial charge in [0, 0.05) is 31.7 Å². The van der Waals surface area contributed by atoms with Crippen molar-refractivity contribution >= 4 is 17.5 Å². The number of nitrogens with zero attached hydrogens (tertiary/aromatic N) is 3. The van der Waals surface area contributed by atoms with Crippen LogP contribution in [0.1, 0.15) is 31.6 Å².